The van der Waals surface area contributed by atoms with E-state index >= 15 is 0 Å². The van der Waals surface area contributed by atoms with Crippen molar-refractivity contribution in [1.82, 2.24) is 5.32 Å². The molecule has 1 rings (SSSR count). The van der Waals surface area contributed by atoms with Gasteiger partial charge in [-0.25, -0.2) is 0 Å². The molecule has 8 nitrogen and oxygen atoms in total. The summed E-state index contributed by atoms with van der Waals surface area (Å²) in [6.07, 6.45) is -0.544. The van der Waals surface area contributed by atoms with Crippen LogP contribution in [0.5, 0.6) is 0 Å². The van der Waals surface area contributed by atoms with Crippen molar-refractivity contribution in [3.8, 4) is 0 Å². The van der Waals surface area contributed by atoms with Gasteiger partial charge in [0.1, 0.15) is 5.69 Å². The molecular formula is C13H19N3O5. The number of carbonyl (C=O) groups is 1. The molecule has 0 aromatic heterocycles. The van der Waals surface area contributed by atoms with Crippen LogP contribution in [0.15, 0.2) is 18.2 Å². The van der Waals surface area contributed by atoms with E-state index in [0.29, 0.717) is 12.1 Å². The van der Waals surface area contributed by atoms with Gasteiger partial charge in [0.25, 0.3) is 11.6 Å². The van der Waals surface area contributed by atoms with Crippen molar-refractivity contribution in [3.63, 3.8) is 0 Å². The summed E-state index contributed by atoms with van der Waals surface area (Å²) in [6, 6.07) is 4.14. The maximum absolute atomic E-state index is 11.8. The predicted molar refractivity (Wildman–Crippen MR) is 77.4 cm³/mol. The van der Waals surface area contributed by atoms with E-state index in [4.69, 9.17) is 9.47 Å². The van der Waals surface area contributed by atoms with Crippen LogP contribution in [0.2, 0.25) is 0 Å². The zero-order valence-electron chi connectivity index (χ0n) is 12.2. The molecule has 116 valence electrons. The number of anilines is 1. The van der Waals surface area contributed by atoms with Gasteiger partial charge < -0.3 is 20.1 Å². The number of hydrogen-bond acceptors (Lipinski definition) is 6. The summed E-state index contributed by atoms with van der Waals surface area (Å²) >= 11 is 0. The third kappa shape index (κ3) is 4.69. The molecule has 1 amide bonds. The van der Waals surface area contributed by atoms with Gasteiger partial charge in [-0.05, 0) is 19.1 Å². The maximum atomic E-state index is 11.8. The molecule has 21 heavy (non-hydrogen) atoms. The second-order valence-electron chi connectivity index (χ2n) is 4.13. The molecule has 0 atom stereocenters. The normalized spacial score (nSPS) is 10.5. The van der Waals surface area contributed by atoms with E-state index in [1.165, 1.54) is 32.4 Å². The zero-order valence-corrected chi connectivity index (χ0v) is 12.2. The smallest absolute Gasteiger partial charge is 0.292 e. The highest BCUT2D eigenvalue weighted by Crippen LogP contribution is 2.25. The largest absolute Gasteiger partial charge is 0.374 e. The van der Waals surface area contributed by atoms with E-state index in [-0.39, 0.29) is 23.8 Å². The lowest BCUT2D eigenvalue weighted by Gasteiger charge is -2.15. The van der Waals surface area contributed by atoms with Gasteiger partial charge in [-0.2, -0.15) is 0 Å². The van der Waals surface area contributed by atoms with Crippen LogP contribution in [0.25, 0.3) is 0 Å². The van der Waals surface area contributed by atoms with Crippen molar-refractivity contribution in [2.45, 2.75) is 13.2 Å². The van der Waals surface area contributed by atoms with E-state index in [9.17, 15) is 14.9 Å². The summed E-state index contributed by atoms with van der Waals surface area (Å²) in [4.78, 5) is 22.3. The first-order valence-corrected chi connectivity index (χ1v) is 6.39. The van der Waals surface area contributed by atoms with Gasteiger partial charge >= 0.3 is 0 Å². The van der Waals surface area contributed by atoms with Crippen molar-refractivity contribution in [2.24, 2.45) is 0 Å². The molecule has 0 heterocycles. The summed E-state index contributed by atoms with van der Waals surface area (Å²) in [5, 5.41) is 16.5. The van der Waals surface area contributed by atoms with Crippen LogP contribution >= 0.6 is 0 Å². The zero-order chi connectivity index (χ0) is 15.8. The molecule has 2 N–H and O–H groups in total. The highest BCUT2D eigenvalue weighted by molar-refractivity contribution is 5.95. The Bertz CT molecular complexity index is 503. The number of amides is 1. The van der Waals surface area contributed by atoms with E-state index in [1.54, 1.807) is 6.92 Å². The van der Waals surface area contributed by atoms with Crippen molar-refractivity contribution < 1.29 is 19.2 Å². The minimum absolute atomic E-state index is 0.117. The number of hydrogen-bond donors (Lipinski definition) is 2. The highest BCUT2D eigenvalue weighted by Gasteiger charge is 2.17. The Morgan fingerprint density at radius 1 is 1.38 bits per heavy atom. The molecule has 0 fully saturated rings. The average molecular weight is 297 g/mol. The van der Waals surface area contributed by atoms with Crippen LogP contribution in [0.1, 0.15) is 17.3 Å². The molecule has 8 heteroatoms. The molecule has 1 aromatic rings. The molecule has 0 saturated carbocycles. The fourth-order valence-electron chi connectivity index (χ4n) is 1.70. The Balaban J connectivity index is 2.98. The number of methoxy groups -OCH3 is 2. The highest BCUT2D eigenvalue weighted by atomic mass is 16.7. The molecule has 0 aliphatic heterocycles. The summed E-state index contributed by atoms with van der Waals surface area (Å²) in [7, 11) is 2.94. The van der Waals surface area contributed by atoms with E-state index in [2.05, 4.69) is 10.6 Å². The molecular weight excluding hydrogens is 278 g/mol. The molecule has 0 aliphatic rings. The third-order valence-corrected chi connectivity index (χ3v) is 2.78. The second-order valence-corrected chi connectivity index (χ2v) is 4.13. The minimum atomic E-state index is -0.544. The standard InChI is InChI=1S/C13H19N3O5/c1-4-14-13(17)9-5-6-11(16(18)19)10(7-9)15-8-12(20-2)21-3/h5-7,12,15H,4,8H2,1-3H3,(H,14,17). The van der Waals surface area contributed by atoms with Crippen LogP contribution in [-0.4, -0.2) is 44.4 Å². The van der Waals surface area contributed by atoms with Crippen molar-refractivity contribution in [2.75, 3.05) is 32.6 Å². The molecule has 0 bridgehead atoms. The quantitative estimate of drug-likeness (QED) is 0.427. The van der Waals surface area contributed by atoms with Gasteiger partial charge in [0.05, 0.1) is 11.5 Å². The van der Waals surface area contributed by atoms with Crippen LogP contribution in [-0.2, 0) is 9.47 Å². The topological polar surface area (TPSA) is 103 Å². The lowest BCUT2D eigenvalue weighted by molar-refractivity contribution is -0.384. The van der Waals surface area contributed by atoms with Crippen molar-refractivity contribution in [1.29, 1.82) is 0 Å². The van der Waals surface area contributed by atoms with Crippen LogP contribution < -0.4 is 10.6 Å². The minimum Gasteiger partial charge on any atom is -0.374 e. The molecule has 0 radical (unpaired) electrons. The number of nitrogens with zero attached hydrogens (tertiary/aromatic N) is 1. The molecule has 0 aliphatic carbocycles. The lowest BCUT2D eigenvalue weighted by atomic mass is 10.1. The van der Waals surface area contributed by atoms with E-state index in [0.717, 1.165) is 0 Å². The number of ether oxygens (including phenoxy) is 2. The first kappa shape index (κ1) is 16.9. The lowest BCUT2D eigenvalue weighted by Crippen LogP contribution is -2.25. The number of nitro benzene ring substituents is 1. The van der Waals surface area contributed by atoms with Gasteiger partial charge in [-0.3, -0.25) is 14.9 Å². The first-order chi connectivity index (χ1) is 10.0. The first-order valence-electron chi connectivity index (χ1n) is 6.39. The van der Waals surface area contributed by atoms with Gasteiger partial charge in [-0.15, -0.1) is 0 Å². The second kappa shape index (κ2) is 8.18. The predicted octanol–water partition coefficient (Wildman–Crippen LogP) is 1.38. The summed E-state index contributed by atoms with van der Waals surface area (Å²) in [5.74, 6) is -0.287. The number of nitro groups is 1. The Hall–Kier alpha value is -2.19. The summed E-state index contributed by atoms with van der Waals surface area (Å²) < 4.78 is 10.0. The van der Waals surface area contributed by atoms with E-state index in [1.807, 2.05) is 0 Å². The van der Waals surface area contributed by atoms with Gasteiger partial charge in [0.15, 0.2) is 6.29 Å². The van der Waals surface area contributed by atoms with Crippen molar-refractivity contribution in [3.05, 3.63) is 33.9 Å². The Morgan fingerprint density at radius 2 is 2.05 bits per heavy atom. The van der Waals surface area contributed by atoms with Crippen molar-refractivity contribution >= 4 is 17.3 Å². The number of rotatable bonds is 8. The Labute approximate surface area is 122 Å². The SMILES string of the molecule is CCNC(=O)c1ccc([N+](=O)[O-])c(NCC(OC)OC)c1. The summed E-state index contributed by atoms with van der Waals surface area (Å²) in [6.45, 7) is 2.49. The van der Waals surface area contributed by atoms with Gasteiger partial charge in [0, 0.05) is 32.4 Å². The molecule has 1 aromatic carbocycles. The molecule has 0 spiro atoms. The number of carbonyl (C=O) groups excluding carboxylic acids is 1. The average Bonchev–Trinajstić information content (AvgIpc) is 2.48. The van der Waals surface area contributed by atoms with Crippen LogP contribution in [0, 0.1) is 10.1 Å². The number of nitrogens with one attached hydrogen (secondary N) is 2. The Morgan fingerprint density at radius 3 is 2.57 bits per heavy atom. The van der Waals surface area contributed by atoms with Gasteiger partial charge in [-0.1, -0.05) is 0 Å². The summed E-state index contributed by atoms with van der Waals surface area (Å²) in [5.41, 5.74) is 0.466. The maximum Gasteiger partial charge on any atom is 0.292 e. The Kier molecular flexibility index (Phi) is 6.57. The fourth-order valence-corrected chi connectivity index (χ4v) is 1.70. The monoisotopic (exact) mass is 297 g/mol. The van der Waals surface area contributed by atoms with Gasteiger partial charge in [0.2, 0.25) is 0 Å². The van der Waals surface area contributed by atoms with Crippen LogP contribution in [0.3, 0.4) is 0 Å². The fraction of sp³-hybridized carbons (Fsp3) is 0.462. The van der Waals surface area contributed by atoms with E-state index < -0.39 is 11.2 Å². The molecule has 0 saturated heterocycles. The third-order valence-electron chi connectivity index (χ3n) is 2.78. The molecule has 0 unspecified atom stereocenters. The number of benzene rings is 1. The van der Waals surface area contributed by atoms with Crippen LogP contribution in [0.4, 0.5) is 11.4 Å².